The standard InChI is InChI=1S/C60H101N15O17.2C2HF3O2/c1-11-13-14-18-22-36(67-50(82)35(61)25-29(3)4)52(84)75-45-48(34-20-16-15-17-21-34)92-59(91)39(28-76)70-57(89)44(47(80)49(62)81)71-40(78)27-66-54(86)42(33(10)77)73-55(87)41(32(9)12-2)72-51(83)37(23-19-24-65-60(63)64)68-53(85)38(26-30(5)6)69-56(88)43(74-58(45)90)46(79)31(7)8;2*3-2(4,5)1(6)7/h15-17,20-21,29-33,35-39,41-48,76-77,79-80H,11-14,18-19,22-28,61H2,1-10H3,(H2,62,81)(H,66,86)(H,67,82)(H,68,85)(H,69,88)(H,70,89)(H,71,78)(H,72,83)(H,73,87)(H,74,90)(H,75,84)(H4,63,64,65);2*(H,6,7)/t32-,33-,35+,36-,37+,38-,39-,41-,42-,43-,44-,45-,46+,47-,48+;;/m0../s1. The number of rotatable bonds is 26. The van der Waals surface area contributed by atoms with Gasteiger partial charge in [-0.15, -0.1) is 0 Å². The highest BCUT2D eigenvalue weighted by Crippen LogP contribution is 2.25. The van der Waals surface area contributed by atoms with Crippen LogP contribution >= 0.6 is 0 Å². The number of carboxylic acid groups (broad SMARTS) is 2. The summed E-state index contributed by atoms with van der Waals surface area (Å²) in [6.07, 6.45) is -15.6. The Bertz CT molecular complexity index is 3090. The Morgan fingerprint density at radius 2 is 1.13 bits per heavy atom. The van der Waals surface area contributed by atoms with Gasteiger partial charge in [-0.25, -0.2) is 14.4 Å². The lowest BCUT2D eigenvalue weighted by Crippen LogP contribution is -2.64. The number of nitrogens with one attached hydrogen (secondary N) is 10. The van der Waals surface area contributed by atoms with Gasteiger partial charge in [0.05, 0.1) is 31.4 Å². The molecule has 42 heteroatoms. The Morgan fingerprint density at radius 1 is 0.623 bits per heavy atom. The molecule has 0 spiro atoms. The van der Waals surface area contributed by atoms with Crippen molar-refractivity contribution in [2.75, 3.05) is 19.7 Å². The van der Waals surface area contributed by atoms with E-state index in [0.717, 1.165) is 19.8 Å². The summed E-state index contributed by atoms with van der Waals surface area (Å²) >= 11 is 0. The third-order valence-corrected chi connectivity index (χ3v) is 15.6. The lowest BCUT2D eigenvalue weighted by molar-refractivity contribution is -0.193. The van der Waals surface area contributed by atoms with Gasteiger partial charge < -0.3 is 111 Å². The summed E-state index contributed by atoms with van der Waals surface area (Å²) in [4.78, 5) is 192. The summed E-state index contributed by atoms with van der Waals surface area (Å²) in [6, 6.07) is -10.6. The minimum atomic E-state index is -5.08. The zero-order chi connectivity index (χ0) is 81.8. The van der Waals surface area contributed by atoms with Crippen molar-refractivity contribution in [2.24, 2.45) is 51.6 Å². The number of carbonyl (C=O) groups excluding carboxylic acids is 12. The number of hydrogen-bond acceptors (Lipinski definition) is 21. The van der Waals surface area contributed by atoms with Crippen LogP contribution in [0.25, 0.3) is 0 Å². The molecule has 1 aliphatic rings. The molecule has 0 saturated carbocycles. The Kier molecular flexibility index (Phi) is 42.9. The van der Waals surface area contributed by atoms with E-state index >= 15 is 4.79 Å². The highest BCUT2D eigenvalue weighted by Gasteiger charge is 2.44. The van der Waals surface area contributed by atoms with Gasteiger partial charge >= 0.3 is 30.3 Å². The fourth-order valence-electron chi connectivity index (χ4n) is 9.59. The minimum Gasteiger partial charge on any atom is -0.475 e. The Balaban J connectivity index is 0.00000710. The topological polar surface area (TPSA) is 606 Å². The maximum absolute atomic E-state index is 15.4. The molecule has 11 amide bonds. The normalized spacial score (nSPS) is 22.6. The van der Waals surface area contributed by atoms with Crippen LogP contribution in [-0.4, -0.2) is 230 Å². The number of benzene rings is 1. The summed E-state index contributed by atoms with van der Waals surface area (Å²) in [5.74, 6) is -22.3. The van der Waals surface area contributed by atoms with Crippen LogP contribution in [0.4, 0.5) is 26.3 Å². The number of carboxylic acids is 2. The average Bonchev–Trinajstić information content (AvgIpc) is 0.815. The molecule has 602 valence electrons. The van der Waals surface area contributed by atoms with Crippen molar-refractivity contribution in [3.8, 4) is 0 Å². The first-order valence-electron chi connectivity index (χ1n) is 33.7. The van der Waals surface area contributed by atoms with Crippen LogP contribution in [0.2, 0.25) is 0 Å². The van der Waals surface area contributed by atoms with Gasteiger partial charge in [-0.3, -0.25) is 57.7 Å². The second kappa shape index (κ2) is 47.1. The van der Waals surface area contributed by atoms with Crippen molar-refractivity contribution >= 4 is 88.8 Å². The van der Waals surface area contributed by atoms with Crippen LogP contribution in [0.5, 0.6) is 0 Å². The summed E-state index contributed by atoms with van der Waals surface area (Å²) in [6.45, 7) is 13.9. The van der Waals surface area contributed by atoms with Gasteiger partial charge in [0.15, 0.2) is 24.2 Å². The van der Waals surface area contributed by atoms with Crippen LogP contribution in [0.1, 0.15) is 145 Å². The van der Waals surface area contributed by atoms with E-state index in [1.54, 1.807) is 27.7 Å². The summed E-state index contributed by atoms with van der Waals surface area (Å²) in [5, 5.41) is 82.6. The fourth-order valence-corrected chi connectivity index (χ4v) is 9.59. The predicted octanol–water partition coefficient (Wildman–Crippen LogP) is -3.24. The first-order chi connectivity index (χ1) is 49.1. The largest absolute Gasteiger partial charge is 0.490 e. The van der Waals surface area contributed by atoms with Gasteiger partial charge in [-0.2, -0.15) is 26.3 Å². The van der Waals surface area contributed by atoms with Gasteiger partial charge in [0.25, 0.3) is 0 Å². The predicted molar refractivity (Wildman–Crippen MR) is 363 cm³/mol. The number of nitrogens with two attached hydrogens (primary N) is 4. The second-order valence-electron chi connectivity index (χ2n) is 25.9. The molecule has 0 bridgehead atoms. The zero-order valence-corrected chi connectivity index (χ0v) is 60.3. The maximum Gasteiger partial charge on any atom is 0.490 e. The monoisotopic (exact) mass is 1530 g/mol. The van der Waals surface area contributed by atoms with Gasteiger partial charge in [0.2, 0.25) is 65.0 Å². The molecule has 1 fully saturated rings. The number of unbranched alkanes of at least 4 members (excludes halogenated alkanes) is 3. The van der Waals surface area contributed by atoms with E-state index in [9.17, 15) is 99.5 Å². The molecule has 0 aliphatic carbocycles. The third-order valence-electron chi connectivity index (χ3n) is 15.6. The Morgan fingerprint density at radius 3 is 1.61 bits per heavy atom. The SMILES string of the molecule is CCCCCC[C@H](NC(=O)[C@H](N)CC(C)C)C(=O)N[C@@H]1C(=O)N[C@@H]([C@H](O)C(C)C)C(=O)N[C@@H](CC(C)C)C(=O)N[C@H](CCCN=C(N)N)C(=O)N[C@@H]([C@@H](C)CC)C(=O)N[C@@H]([C@H](C)O)C(=O)NCC(=O)N[C@@H]([C@H](O)C(N)=O)C(=O)N[C@@H](CO)C(=O)O[C@@H]1c1ccccc1.O=C(O)C(F)(F)F.O=C(O)C(F)(F)F. The molecule has 106 heavy (non-hydrogen) atoms. The van der Waals surface area contributed by atoms with Crippen LogP contribution in [0.15, 0.2) is 35.3 Å². The van der Waals surface area contributed by atoms with Gasteiger partial charge in [-0.05, 0) is 68.3 Å². The summed E-state index contributed by atoms with van der Waals surface area (Å²) in [5.41, 5.74) is 22.7. The summed E-state index contributed by atoms with van der Waals surface area (Å²) < 4.78 is 69.4. The van der Waals surface area contributed by atoms with Gasteiger partial charge in [0.1, 0.15) is 48.3 Å². The van der Waals surface area contributed by atoms with E-state index in [1.165, 1.54) is 44.2 Å². The third kappa shape index (κ3) is 35.5. The van der Waals surface area contributed by atoms with Crippen LogP contribution in [-0.2, 0) is 71.9 Å². The minimum absolute atomic E-state index is 0.0126. The van der Waals surface area contributed by atoms with E-state index in [1.807, 2.05) is 31.4 Å². The maximum atomic E-state index is 15.4. The molecular formula is C64H103F6N15O21. The number of nitrogens with zero attached hydrogens (tertiary/aromatic N) is 1. The van der Waals surface area contributed by atoms with Crippen molar-refractivity contribution in [2.45, 2.75) is 231 Å². The number of aliphatic imine (C=N–C) groups is 1. The number of hydrogen-bond donors (Lipinski definition) is 20. The number of ether oxygens (including phenoxy) is 1. The number of esters is 1. The van der Waals surface area contributed by atoms with Crippen LogP contribution in [0, 0.1) is 23.7 Å². The quantitative estimate of drug-likeness (QED) is 0.0142. The highest BCUT2D eigenvalue weighted by atomic mass is 19.4. The van der Waals surface area contributed by atoms with Gasteiger partial charge in [0, 0.05) is 6.54 Å². The number of halogens is 6. The van der Waals surface area contributed by atoms with E-state index < -0.39 is 205 Å². The number of aliphatic hydroxyl groups is 4. The molecule has 1 aromatic rings. The fraction of sp³-hybridized carbons (Fsp3) is 0.672. The molecule has 0 unspecified atom stereocenters. The van der Waals surface area contributed by atoms with E-state index in [-0.39, 0.29) is 68.4 Å². The van der Waals surface area contributed by atoms with Crippen LogP contribution in [0.3, 0.4) is 0 Å². The molecule has 24 N–H and O–H groups in total. The number of carbonyl (C=O) groups is 14. The van der Waals surface area contributed by atoms with Crippen molar-refractivity contribution in [3.63, 3.8) is 0 Å². The molecule has 0 aromatic heterocycles. The zero-order valence-electron chi connectivity index (χ0n) is 60.3. The van der Waals surface area contributed by atoms with E-state index in [4.69, 9.17) is 47.5 Å². The molecular weight excluding hydrogens is 1430 g/mol. The molecule has 1 aliphatic heterocycles. The number of cyclic esters (lactones) is 1. The number of primary amides is 1. The number of alkyl halides is 6. The molecule has 15 atom stereocenters. The summed E-state index contributed by atoms with van der Waals surface area (Å²) in [7, 11) is 0. The van der Waals surface area contributed by atoms with Crippen LogP contribution < -0.4 is 76.1 Å². The van der Waals surface area contributed by atoms with E-state index in [2.05, 4.69) is 47.5 Å². The number of aliphatic hydroxyl groups excluding tert-OH is 4. The van der Waals surface area contributed by atoms with Gasteiger partial charge in [-0.1, -0.05) is 125 Å². The van der Waals surface area contributed by atoms with Crippen molar-refractivity contribution < 1.29 is 129 Å². The second-order valence-corrected chi connectivity index (χ2v) is 25.9. The molecule has 1 heterocycles. The number of aliphatic carboxylic acids is 2. The molecule has 1 aromatic carbocycles. The lowest BCUT2D eigenvalue weighted by atomic mass is 9.95. The smallest absolute Gasteiger partial charge is 0.475 e. The van der Waals surface area contributed by atoms with Crippen molar-refractivity contribution in [1.29, 1.82) is 0 Å². The average molecular weight is 1530 g/mol. The molecule has 2 rings (SSSR count). The number of amides is 11. The van der Waals surface area contributed by atoms with Crippen molar-refractivity contribution in [3.05, 3.63) is 35.9 Å². The molecule has 36 nitrogen and oxygen atoms in total. The number of guanidine groups is 1. The highest BCUT2D eigenvalue weighted by molar-refractivity contribution is 6.00. The van der Waals surface area contributed by atoms with Crippen molar-refractivity contribution in [1.82, 2.24) is 53.2 Å². The molecule has 1 saturated heterocycles. The molecule has 0 radical (unpaired) electrons. The first-order valence-corrected chi connectivity index (χ1v) is 33.7. The first kappa shape index (κ1) is 96.4. The van der Waals surface area contributed by atoms with E-state index in [0.29, 0.717) is 12.8 Å². The Hall–Kier alpha value is -9.55. The lowest BCUT2D eigenvalue weighted by Gasteiger charge is -2.33. The Labute approximate surface area is 606 Å².